The van der Waals surface area contributed by atoms with Crippen LogP contribution in [0.1, 0.15) is 27.7 Å². The number of halogens is 1. The zero-order valence-electron chi connectivity index (χ0n) is 17.9. The normalized spacial score (nSPS) is 11.2. The molecule has 0 aliphatic carbocycles. The van der Waals surface area contributed by atoms with E-state index in [0.717, 1.165) is 3.57 Å². The van der Waals surface area contributed by atoms with Crippen LogP contribution in [0.15, 0.2) is 42.5 Å². The van der Waals surface area contributed by atoms with Crippen molar-refractivity contribution in [3.8, 4) is 11.5 Å². The Labute approximate surface area is 194 Å². The minimum absolute atomic E-state index is 0.189. The van der Waals surface area contributed by atoms with Crippen LogP contribution < -0.4 is 9.47 Å². The quantitative estimate of drug-likeness (QED) is 0.147. The smallest absolute Gasteiger partial charge is 0.434 e. The van der Waals surface area contributed by atoms with Gasteiger partial charge in [0.2, 0.25) is 0 Å². The average Bonchev–Trinajstić information content (AvgIpc) is 2.73. The van der Waals surface area contributed by atoms with Crippen molar-refractivity contribution in [3.63, 3.8) is 0 Å². The van der Waals surface area contributed by atoms with Crippen molar-refractivity contribution in [2.75, 3.05) is 13.2 Å². The fraction of sp³-hybridized carbons (Fsp3) is 0.333. The minimum Gasteiger partial charge on any atom is -0.434 e. The van der Waals surface area contributed by atoms with E-state index in [1.807, 2.05) is 70.2 Å². The molecular weight excluding hydrogens is 511 g/mol. The van der Waals surface area contributed by atoms with Crippen LogP contribution in [0.25, 0.3) is 21.5 Å². The molecule has 0 aliphatic rings. The summed E-state index contributed by atoms with van der Waals surface area (Å²) in [6.07, 6.45) is -1.55. The Balaban J connectivity index is 2.11. The van der Waals surface area contributed by atoms with Gasteiger partial charge in [0.05, 0.1) is 13.2 Å². The highest BCUT2D eigenvalue weighted by molar-refractivity contribution is 14.1. The first kappa shape index (κ1) is 23.1. The van der Waals surface area contributed by atoms with E-state index in [-0.39, 0.29) is 25.0 Å². The van der Waals surface area contributed by atoms with E-state index in [1.165, 1.54) is 0 Å². The molecule has 7 heteroatoms. The van der Waals surface area contributed by atoms with Crippen LogP contribution in [0, 0.1) is 15.4 Å². The molecule has 3 aromatic rings. The largest absolute Gasteiger partial charge is 0.513 e. The number of carbonyl (C=O) groups excluding carboxylic acids is 2. The fourth-order valence-electron chi connectivity index (χ4n) is 2.99. The lowest BCUT2D eigenvalue weighted by Gasteiger charge is -2.17. The monoisotopic (exact) mass is 536 g/mol. The van der Waals surface area contributed by atoms with Crippen molar-refractivity contribution < 1.29 is 28.5 Å². The van der Waals surface area contributed by atoms with E-state index in [9.17, 15) is 9.59 Å². The summed E-state index contributed by atoms with van der Waals surface area (Å²) in [6, 6.07) is 12.9. The molecule has 0 spiro atoms. The van der Waals surface area contributed by atoms with E-state index in [2.05, 4.69) is 22.6 Å². The molecule has 164 valence electrons. The van der Waals surface area contributed by atoms with E-state index >= 15 is 0 Å². The Hall–Kier alpha value is -2.55. The highest BCUT2D eigenvalue weighted by Gasteiger charge is 2.21. The zero-order valence-corrected chi connectivity index (χ0v) is 20.1. The predicted octanol–water partition coefficient (Wildman–Crippen LogP) is 6.94. The van der Waals surface area contributed by atoms with Gasteiger partial charge >= 0.3 is 12.3 Å². The number of rotatable bonds is 6. The van der Waals surface area contributed by atoms with Gasteiger partial charge in [0.1, 0.15) is 5.75 Å². The van der Waals surface area contributed by atoms with Crippen LogP contribution in [-0.2, 0) is 9.47 Å². The lowest BCUT2D eigenvalue weighted by Crippen LogP contribution is -2.16. The van der Waals surface area contributed by atoms with Crippen LogP contribution in [0.4, 0.5) is 9.59 Å². The SMILES string of the molecule is CC(C)COC(=O)Oc1c2ccccc2c(OC(=O)OCC(C)C)c2cc(I)ccc12. The lowest BCUT2D eigenvalue weighted by atomic mass is 10.0. The molecule has 31 heavy (non-hydrogen) atoms. The molecule has 0 unspecified atom stereocenters. The van der Waals surface area contributed by atoms with Crippen molar-refractivity contribution in [2.45, 2.75) is 27.7 Å². The molecule has 0 saturated heterocycles. The summed E-state index contributed by atoms with van der Waals surface area (Å²) in [7, 11) is 0. The number of hydrogen-bond acceptors (Lipinski definition) is 6. The third-order valence-electron chi connectivity index (χ3n) is 4.33. The van der Waals surface area contributed by atoms with E-state index < -0.39 is 12.3 Å². The summed E-state index contributed by atoms with van der Waals surface area (Å²) in [6.45, 7) is 8.31. The van der Waals surface area contributed by atoms with Gasteiger partial charge in [-0.15, -0.1) is 0 Å². The number of carbonyl (C=O) groups is 2. The first-order valence-electron chi connectivity index (χ1n) is 10.1. The molecule has 0 heterocycles. The van der Waals surface area contributed by atoms with Gasteiger partial charge in [0.15, 0.2) is 5.75 Å². The molecule has 0 atom stereocenters. The highest BCUT2D eigenvalue weighted by Crippen LogP contribution is 2.43. The second kappa shape index (κ2) is 10.2. The fourth-order valence-corrected chi connectivity index (χ4v) is 3.48. The Morgan fingerprint density at radius 1 is 0.742 bits per heavy atom. The van der Waals surface area contributed by atoms with Gasteiger partial charge in [-0.1, -0.05) is 52.0 Å². The second-order valence-corrected chi connectivity index (χ2v) is 9.25. The molecule has 3 rings (SSSR count). The third kappa shape index (κ3) is 5.78. The third-order valence-corrected chi connectivity index (χ3v) is 5.00. The maximum Gasteiger partial charge on any atom is 0.513 e. The van der Waals surface area contributed by atoms with Crippen LogP contribution >= 0.6 is 22.6 Å². The Morgan fingerprint density at radius 3 is 1.68 bits per heavy atom. The van der Waals surface area contributed by atoms with Crippen molar-refractivity contribution >= 4 is 56.4 Å². The first-order chi connectivity index (χ1) is 14.8. The highest BCUT2D eigenvalue weighted by atomic mass is 127. The van der Waals surface area contributed by atoms with Crippen LogP contribution in [0.3, 0.4) is 0 Å². The van der Waals surface area contributed by atoms with Crippen molar-refractivity contribution in [3.05, 3.63) is 46.0 Å². The van der Waals surface area contributed by atoms with Crippen molar-refractivity contribution in [1.29, 1.82) is 0 Å². The number of benzene rings is 3. The van der Waals surface area contributed by atoms with Gasteiger partial charge in [-0.25, -0.2) is 9.59 Å². The molecule has 6 nitrogen and oxygen atoms in total. The van der Waals surface area contributed by atoms with Crippen LogP contribution in [0.2, 0.25) is 0 Å². The molecule has 3 aromatic carbocycles. The molecule has 0 saturated carbocycles. The van der Waals surface area contributed by atoms with E-state index in [4.69, 9.17) is 18.9 Å². The number of fused-ring (bicyclic) bond motifs is 2. The topological polar surface area (TPSA) is 71.1 Å². The minimum atomic E-state index is -0.774. The average molecular weight is 536 g/mol. The zero-order chi connectivity index (χ0) is 22.5. The maximum atomic E-state index is 12.3. The standard InChI is InChI=1S/C24H25IO6/c1-14(2)12-28-23(26)30-21-17-7-5-6-8-18(17)22(31-24(27)29-13-15(3)4)20-11-16(25)9-10-19(20)21/h5-11,14-15H,12-13H2,1-4H3. The van der Waals surface area contributed by atoms with Crippen molar-refractivity contribution in [2.24, 2.45) is 11.8 Å². The van der Waals surface area contributed by atoms with Gasteiger partial charge in [0, 0.05) is 25.1 Å². The summed E-state index contributed by atoms with van der Waals surface area (Å²) in [5.74, 6) is 1.10. The molecule has 0 amide bonds. The molecule has 0 aliphatic heterocycles. The van der Waals surface area contributed by atoms with E-state index in [0.29, 0.717) is 33.0 Å². The molecule has 0 fully saturated rings. The number of ether oxygens (including phenoxy) is 4. The number of hydrogen-bond donors (Lipinski definition) is 0. The van der Waals surface area contributed by atoms with Crippen LogP contribution in [0.5, 0.6) is 11.5 Å². The lowest BCUT2D eigenvalue weighted by molar-refractivity contribution is 0.0879. The van der Waals surface area contributed by atoms with Gasteiger partial charge in [-0.05, 0) is 52.6 Å². The Morgan fingerprint density at radius 2 is 1.19 bits per heavy atom. The van der Waals surface area contributed by atoms with Gasteiger partial charge < -0.3 is 18.9 Å². The summed E-state index contributed by atoms with van der Waals surface area (Å²) in [4.78, 5) is 24.7. The Kier molecular flexibility index (Phi) is 7.59. The Bertz CT molecular complexity index is 1110. The first-order valence-corrected chi connectivity index (χ1v) is 11.2. The summed E-state index contributed by atoms with van der Waals surface area (Å²) < 4.78 is 22.6. The summed E-state index contributed by atoms with van der Waals surface area (Å²) >= 11 is 2.18. The van der Waals surface area contributed by atoms with Crippen molar-refractivity contribution in [1.82, 2.24) is 0 Å². The summed E-state index contributed by atoms with van der Waals surface area (Å²) in [5, 5.41) is 2.53. The van der Waals surface area contributed by atoms with Gasteiger partial charge in [-0.3, -0.25) is 0 Å². The van der Waals surface area contributed by atoms with E-state index in [1.54, 1.807) is 0 Å². The van der Waals surface area contributed by atoms with Gasteiger partial charge in [-0.2, -0.15) is 0 Å². The summed E-state index contributed by atoms with van der Waals surface area (Å²) in [5.41, 5.74) is 0. The van der Waals surface area contributed by atoms with Crippen LogP contribution in [-0.4, -0.2) is 25.5 Å². The molecule has 0 aromatic heterocycles. The maximum absolute atomic E-state index is 12.3. The molecule has 0 radical (unpaired) electrons. The second-order valence-electron chi connectivity index (χ2n) is 8.01. The molecule has 0 N–H and O–H groups in total. The molecular formula is C24H25IO6. The van der Waals surface area contributed by atoms with Gasteiger partial charge in [0.25, 0.3) is 0 Å². The molecule has 0 bridgehead atoms. The predicted molar refractivity (Wildman–Crippen MR) is 128 cm³/mol.